The average Bonchev–Trinajstić information content (AvgIpc) is 3.39. The monoisotopic (exact) mass is 386 g/mol. The van der Waals surface area contributed by atoms with Crippen molar-refractivity contribution >= 4 is 11.0 Å². The summed E-state index contributed by atoms with van der Waals surface area (Å²) < 4.78 is 17.1. The summed E-state index contributed by atoms with van der Waals surface area (Å²) in [4.78, 5) is 7.81. The van der Waals surface area contributed by atoms with Gasteiger partial charge in [-0.05, 0) is 30.7 Å². The SMILES string of the molecule is Cc1nn(Cc2cccc(F)c2)cc1-c1c[nH]c2ncc(-c3cnn(C)c3)cc12. The fourth-order valence-electron chi connectivity index (χ4n) is 3.64. The Labute approximate surface area is 166 Å². The van der Waals surface area contributed by atoms with Crippen LogP contribution in [0.1, 0.15) is 11.3 Å². The number of H-pyrrole nitrogens is 1. The first-order chi connectivity index (χ1) is 14.1. The molecule has 1 N–H and O–H groups in total. The van der Waals surface area contributed by atoms with Gasteiger partial charge in [-0.15, -0.1) is 0 Å². The fraction of sp³-hybridized carbons (Fsp3) is 0.136. The van der Waals surface area contributed by atoms with Crippen molar-refractivity contribution < 1.29 is 4.39 Å². The van der Waals surface area contributed by atoms with Crippen LogP contribution in [0.2, 0.25) is 0 Å². The Morgan fingerprint density at radius 1 is 1.07 bits per heavy atom. The predicted octanol–water partition coefficient (Wildman–Crippen LogP) is 4.32. The molecule has 0 unspecified atom stereocenters. The van der Waals surface area contributed by atoms with Crippen molar-refractivity contribution in [3.63, 3.8) is 0 Å². The molecule has 0 saturated carbocycles. The molecule has 4 aromatic heterocycles. The maximum Gasteiger partial charge on any atom is 0.137 e. The minimum absolute atomic E-state index is 0.239. The normalized spacial score (nSPS) is 11.4. The van der Waals surface area contributed by atoms with E-state index in [2.05, 4.69) is 26.2 Å². The summed E-state index contributed by atoms with van der Waals surface area (Å²) in [6, 6.07) is 8.71. The molecule has 0 radical (unpaired) electrons. The molecule has 0 saturated heterocycles. The molecule has 0 bridgehead atoms. The van der Waals surface area contributed by atoms with Crippen LogP contribution in [0.5, 0.6) is 0 Å². The largest absolute Gasteiger partial charge is 0.346 e. The van der Waals surface area contributed by atoms with Gasteiger partial charge < -0.3 is 4.98 Å². The second kappa shape index (κ2) is 6.70. The number of benzene rings is 1. The van der Waals surface area contributed by atoms with E-state index < -0.39 is 0 Å². The lowest BCUT2D eigenvalue weighted by Crippen LogP contribution is -2.00. The van der Waals surface area contributed by atoms with Gasteiger partial charge in [0.25, 0.3) is 0 Å². The summed E-state index contributed by atoms with van der Waals surface area (Å²) in [5.74, 6) is -0.239. The van der Waals surface area contributed by atoms with Gasteiger partial charge in [0.1, 0.15) is 11.5 Å². The highest BCUT2D eigenvalue weighted by atomic mass is 19.1. The summed E-state index contributed by atoms with van der Waals surface area (Å²) in [6.45, 7) is 2.49. The third kappa shape index (κ3) is 3.20. The standard InChI is InChI=1S/C22H19FN6/c1-14-21(13-29(27-14)11-15-4-3-5-18(23)6-15)20-10-25-22-19(20)7-16(8-24-22)17-9-26-28(2)12-17/h3-10,12-13H,11H2,1-2H3,(H,24,25). The molecule has 0 aliphatic carbocycles. The molecule has 5 rings (SSSR count). The minimum atomic E-state index is -0.239. The third-order valence-corrected chi connectivity index (χ3v) is 5.04. The number of nitrogens with one attached hydrogen (secondary N) is 1. The van der Waals surface area contributed by atoms with Gasteiger partial charge in [0.2, 0.25) is 0 Å². The minimum Gasteiger partial charge on any atom is -0.346 e. The van der Waals surface area contributed by atoms with Crippen molar-refractivity contribution in [1.29, 1.82) is 0 Å². The van der Waals surface area contributed by atoms with Crippen LogP contribution < -0.4 is 0 Å². The number of hydrogen-bond acceptors (Lipinski definition) is 3. The number of aromatic amines is 1. The molecule has 0 spiro atoms. The van der Waals surface area contributed by atoms with Crippen LogP contribution >= 0.6 is 0 Å². The fourth-order valence-corrected chi connectivity index (χ4v) is 3.64. The molecule has 1 aromatic carbocycles. The molecule has 7 heteroatoms. The molecule has 0 fully saturated rings. The highest BCUT2D eigenvalue weighted by Crippen LogP contribution is 2.32. The lowest BCUT2D eigenvalue weighted by atomic mass is 10.0. The molecule has 5 aromatic rings. The van der Waals surface area contributed by atoms with Crippen LogP contribution in [0.4, 0.5) is 4.39 Å². The van der Waals surface area contributed by atoms with Gasteiger partial charge in [-0.2, -0.15) is 10.2 Å². The van der Waals surface area contributed by atoms with E-state index in [0.717, 1.165) is 44.5 Å². The van der Waals surface area contributed by atoms with E-state index in [1.165, 1.54) is 12.1 Å². The molecule has 4 heterocycles. The number of halogens is 1. The van der Waals surface area contributed by atoms with Gasteiger partial charge in [-0.3, -0.25) is 9.36 Å². The van der Waals surface area contributed by atoms with E-state index in [1.54, 1.807) is 10.7 Å². The van der Waals surface area contributed by atoms with E-state index in [9.17, 15) is 4.39 Å². The number of fused-ring (bicyclic) bond motifs is 1. The van der Waals surface area contributed by atoms with E-state index in [1.807, 2.05) is 55.7 Å². The molecule has 144 valence electrons. The van der Waals surface area contributed by atoms with Gasteiger partial charge in [-0.1, -0.05) is 12.1 Å². The van der Waals surface area contributed by atoms with E-state index >= 15 is 0 Å². The first-order valence-electron chi connectivity index (χ1n) is 9.32. The van der Waals surface area contributed by atoms with Crippen molar-refractivity contribution in [2.24, 2.45) is 7.05 Å². The summed E-state index contributed by atoms with van der Waals surface area (Å²) in [7, 11) is 1.90. The smallest absolute Gasteiger partial charge is 0.137 e. The molecule has 6 nitrogen and oxygen atoms in total. The van der Waals surface area contributed by atoms with Crippen molar-refractivity contribution in [3.8, 4) is 22.3 Å². The molecule has 29 heavy (non-hydrogen) atoms. The quantitative estimate of drug-likeness (QED) is 0.500. The van der Waals surface area contributed by atoms with E-state index in [4.69, 9.17) is 0 Å². The van der Waals surface area contributed by atoms with Crippen LogP contribution in [0.3, 0.4) is 0 Å². The second-order valence-electron chi connectivity index (χ2n) is 7.18. The van der Waals surface area contributed by atoms with Crippen LogP contribution in [-0.2, 0) is 13.6 Å². The third-order valence-electron chi connectivity index (χ3n) is 5.04. The Morgan fingerprint density at radius 3 is 2.76 bits per heavy atom. The topological polar surface area (TPSA) is 64.3 Å². The Balaban J connectivity index is 1.54. The van der Waals surface area contributed by atoms with Gasteiger partial charge in [0.15, 0.2) is 0 Å². The zero-order valence-electron chi connectivity index (χ0n) is 16.1. The predicted molar refractivity (Wildman–Crippen MR) is 110 cm³/mol. The van der Waals surface area contributed by atoms with Gasteiger partial charge >= 0.3 is 0 Å². The van der Waals surface area contributed by atoms with Gasteiger partial charge in [-0.25, -0.2) is 9.37 Å². The highest BCUT2D eigenvalue weighted by Gasteiger charge is 2.14. The number of pyridine rings is 1. The van der Waals surface area contributed by atoms with Gasteiger partial charge in [0, 0.05) is 59.5 Å². The molecular weight excluding hydrogens is 367 g/mol. The molecular formula is C22H19FN6. The second-order valence-corrected chi connectivity index (χ2v) is 7.18. The van der Waals surface area contributed by atoms with Crippen molar-refractivity contribution in [2.45, 2.75) is 13.5 Å². The zero-order chi connectivity index (χ0) is 20.0. The molecule has 0 aliphatic rings. The van der Waals surface area contributed by atoms with Gasteiger partial charge in [0.05, 0.1) is 18.4 Å². The van der Waals surface area contributed by atoms with Crippen LogP contribution in [-0.4, -0.2) is 29.5 Å². The Hall–Kier alpha value is -3.74. The van der Waals surface area contributed by atoms with Crippen molar-refractivity contribution in [3.05, 3.63) is 78.4 Å². The lowest BCUT2D eigenvalue weighted by Gasteiger charge is -2.02. The molecule has 0 aliphatic heterocycles. The lowest BCUT2D eigenvalue weighted by molar-refractivity contribution is 0.618. The number of aromatic nitrogens is 6. The number of nitrogens with zero attached hydrogens (tertiary/aromatic N) is 5. The van der Waals surface area contributed by atoms with Crippen LogP contribution in [0.25, 0.3) is 33.3 Å². The van der Waals surface area contributed by atoms with Crippen molar-refractivity contribution in [2.75, 3.05) is 0 Å². The Bertz CT molecular complexity index is 1330. The molecule has 0 atom stereocenters. The van der Waals surface area contributed by atoms with Crippen molar-refractivity contribution in [1.82, 2.24) is 29.5 Å². The zero-order valence-corrected chi connectivity index (χ0v) is 16.1. The number of hydrogen-bond donors (Lipinski definition) is 1. The first kappa shape index (κ1) is 17.4. The Morgan fingerprint density at radius 2 is 1.97 bits per heavy atom. The summed E-state index contributed by atoms with van der Waals surface area (Å²) in [6.07, 6.45) is 9.61. The average molecular weight is 386 g/mol. The van der Waals surface area contributed by atoms with E-state index in [-0.39, 0.29) is 5.82 Å². The van der Waals surface area contributed by atoms with Crippen LogP contribution in [0.15, 0.2) is 61.3 Å². The number of aryl methyl sites for hydroxylation is 2. The van der Waals surface area contributed by atoms with Crippen LogP contribution in [0, 0.1) is 12.7 Å². The highest BCUT2D eigenvalue weighted by molar-refractivity contribution is 5.96. The maximum atomic E-state index is 13.5. The Kier molecular flexibility index (Phi) is 4.01. The number of rotatable bonds is 4. The summed E-state index contributed by atoms with van der Waals surface area (Å²) in [5, 5.41) is 9.90. The molecule has 0 amide bonds. The summed E-state index contributed by atoms with van der Waals surface area (Å²) in [5.41, 5.74) is 6.71. The summed E-state index contributed by atoms with van der Waals surface area (Å²) >= 11 is 0. The maximum absolute atomic E-state index is 13.5. The first-order valence-corrected chi connectivity index (χ1v) is 9.32. The van der Waals surface area contributed by atoms with E-state index in [0.29, 0.717) is 6.54 Å².